The largest absolute Gasteiger partial charge is 0.389 e. The van der Waals surface area contributed by atoms with Gasteiger partial charge in [0.25, 0.3) is 0 Å². The van der Waals surface area contributed by atoms with Crippen LogP contribution < -0.4 is 5.32 Å². The molecule has 0 radical (unpaired) electrons. The fraction of sp³-hybridized carbons (Fsp3) is 0.526. The summed E-state index contributed by atoms with van der Waals surface area (Å²) in [6.45, 7) is 12.1. The molecule has 0 unspecified atom stereocenters. The van der Waals surface area contributed by atoms with Gasteiger partial charge in [0.2, 0.25) is 5.91 Å². The van der Waals surface area contributed by atoms with Crippen molar-refractivity contribution >= 4 is 11.5 Å². The number of aliphatic hydroxyl groups is 1. The topological polar surface area (TPSA) is 49.3 Å². The fourth-order valence-corrected chi connectivity index (χ4v) is 2.14. The third-order valence-corrected chi connectivity index (χ3v) is 3.51. The van der Waals surface area contributed by atoms with E-state index in [4.69, 9.17) is 0 Å². The van der Waals surface area contributed by atoms with Gasteiger partial charge in [0, 0.05) is 12.6 Å². The first-order valence-corrected chi connectivity index (χ1v) is 7.92. The lowest BCUT2D eigenvalue weighted by atomic mass is 9.92. The summed E-state index contributed by atoms with van der Waals surface area (Å²) in [7, 11) is 0. The van der Waals surface area contributed by atoms with Crippen LogP contribution >= 0.6 is 0 Å². The Labute approximate surface area is 134 Å². The minimum absolute atomic E-state index is 0.168. The molecule has 2 N–H and O–H groups in total. The van der Waals surface area contributed by atoms with E-state index in [1.165, 1.54) is 5.56 Å². The van der Waals surface area contributed by atoms with E-state index in [0.29, 0.717) is 5.92 Å². The minimum atomic E-state index is -0.902. The first-order chi connectivity index (χ1) is 10.1. The number of hydrogen-bond donors (Lipinski definition) is 2. The van der Waals surface area contributed by atoms with E-state index in [2.05, 4.69) is 57.3 Å². The predicted molar refractivity (Wildman–Crippen MR) is 92.7 cm³/mol. The highest BCUT2D eigenvalue weighted by molar-refractivity contribution is 5.95. The second-order valence-corrected chi connectivity index (χ2v) is 7.06. The molecule has 0 aliphatic rings. The summed E-state index contributed by atoms with van der Waals surface area (Å²) in [5.41, 5.74) is 2.46. The molecule has 1 rings (SSSR count). The third kappa shape index (κ3) is 6.02. The number of benzene rings is 1. The van der Waals surface area contributed by atoms with Gasteiger partial charge >= 0.3 is 0 Å². The van der Waals surface area contributed by atoms with Crippen LogP contribution in [0.15, 0.2) is 30.3 Å². The number of carbonyl (C=O) groups excluding carboxylic acids is 1. The maximum atomic E-state index is 12.1. The van der Waals surface area contributed by atoms with Gasteiger partial charge in [-0.25, -0.2) is 0 Å². The summed E-state index contributed by atoms with van der Waals surface area (Å²) >= 11 is 0. The monoisotopic (exact) mass is 303 g/mol. The second kappa shape index (κ2) is 7.59. The molecule has 0 saturated heterocycles. The fourth-order valence-electron chi connectivity index (χ4n) is 2.14. The summed E-state index contributed by atoms with van der Waals surface area (Å²) in [4.78, 5) is 12.1. The summed E-state index contributed by atoms with van der Waals surface area (Å²) in [5, 5.41) is 12.4. The van der Waals surface area contributed by atoms with E-state index < -0.39 is 5.60 Å². The Bertz CT molecular complexity index is 519. The van der Waals surface area contributed by atoms with Gasteiger partial charge in [0.15, 0.2) is 0 Å². The highest BCUT2D eigenvalue weighted by Gasteiger charge is 2.14. The molecular formula is C19H29NO2. The van der Waals surface area contributed by atoms with Crippen LogP contribution in [0, 0.1) is 5.92 Å². The zero-order valence-electron chi connectivity index (χ0n) is 14.6. The standard InChI is InChI=1S/C19H29NO2/c1-13(2)15-7-9-16(10-8-15)17(14(3)4)11-18(21)20-12-19(5,6)22/h7-11,13-14,22H,12H2,1-6H3,(H,20,21)/b17-11+. The summed E-state index contributed by atoms with van der Waals surface area (Å²) < 4.78 is 0. The van der Waals surface area contributed by atoms with Gasteiger partial charge in [-0.3, -0.25) is 4.79 Å². The van der Waals surface area contributed by atoms with Gasteiger partial charge in [-0.05, 0) is 42.4 Å². The molecule has 0 spiro atoms. The maximum absolute atomic E-state index is 12.1. The number of rotatable bonds is 6. The van der Waals surface area contributed by atoms with Crippen molar-refractivity contribution in [2.24, 2.45) is 5.92 Å². The quantitative estimate of drug-likeness (QED) is 0.787. The van der Waals surface area contributed by atoms with Crippen molar-refractivity contribution in [3.05, 3.63) is 41.5 Å². The lowest BCUT2D eigenvalue weighted by Gasteiger charge is -2.18. The third-order valence-electron chi connectivity index (χ3n) is 3.51. The molecule has 0 saturated carbocycles. The van der Waals surface area contributed by atoms with Crippen LogP contribution in [0.25, 0.3) is 5.57 Å². The average Bonchev–Trinajstić information content (AvgIpc) is 2.41. The van der Waals surface area contributed by atoms with E-state index in [9.17, 15) is 9.90 Å². The maximum Gasteiger partial charge on any atom is 0.244 e. The first-order valence-electron chi connectivity index (χ1n) is 7.92. The zero-order valence-corrected chi connectivity index (χ0v) is 14.6. The molecule has 1 aromatic rings. The number of carbonyl (C=O) groups is 1. The van der Waals surface area contributed by atoms with E-state index in [0.717, 1.165) is 11.1 Å². The van der Waals surface area contributed by atoms with Crippen molar-refractivity contribution in [1.29, 1.82) is 0 Å². The van der Waals surface area contributed by atoms with Crippen molar-refractivity contribution in [3.8, 4) is 0 Å². The highest BCUT2D eigenvalue weighted by atomic mass is 16.3. The molecule has 3 heteroatoms. The zero-order chi connectivity index (χ0) is 16.9. The molecular weight excluding hydrogens is 274 g/mol. The lowest BCUT2D eigenvalue weighted by Crippen LogP contribution is -2.37. The molecule has 0 heterocycles. The van der Waals surface area contributed by atoms with Crippen LogP contribution in [0.2, 0.25) is 0 Å². The molecule has 0 aliphatic carbocycles. The number of amides is 1. The number of allylic oxidation sites excluding steroid dienone is 1. The molecule has 0 bridgehead atoms. The molecule has 0 aliphatic heterocycles. The molecule has 1 amide bonds. The molecule has 1 aromatic carbocycles. The van der Waals surface area contributed by atoms with Gasteiger partial charge in [0.05, 0.1) is 5.60 Å². The van der Waals surface area contributed by atoms with Crippen molar-refractivity contribution < 1.29 is 9.90 Å². The van der Waals surface area contributed by atoms with E-state index in [-0.39, 0.29) is 18.4 Å². The minimum Gasteiger partial charge on any atom is -0.389 e. The summed E-state index contributed by atoms with van der Waals surface area (Å²) in [5.74, 6) is 0.576. The van der Waals surface area contributed by atoms with Gasteiger partial charge in [-0.2, -0.15) is 0 Å². The smallest absolute Gasteiger partial charge is 0.244 e. The van der Waals surface area contributed by atoms with Crippen LogP contribution in [0.1, 0.15) is 58.6 Å². The number of hydrogen-bond acceptors (Lipinski definition) is 2. The Kier molecular flexibility index (Phi) is 6.36. The van der Waals surface area contributed by atoms with Crippen molar-refractivity contribution in [2.45, 2.75) is 53.1 Å². The number of nitrogens with one attached hydrogen (secondary N) is 1. The Hall–Kier alpha value is -1.61. The Balaban J connectivity index is 2.93. The normalized spacial score (nSPS) is 12.9. The molecule has 3 nitrogen and oxygen atoms in total. The van der Waals surface area contributed by atoms with E-state index in [1.807, 2.05) is 0 Å². The Morgan fingerprint density at radius 2 is 1.73 bits per heavy atom. The molecule has 22 heavy (non-hydrogen) atoms. The van der Waals surface area contributed by atoms with Crippen LogP contribution in [-0.2, 0) is 4.79 Å². The SMILES string of the molecule is CC(C)/C(=C\C(=O)NCC(C)(C)O)c1ccc(C(C)C)cc1. The van der Waals surface area contributed by atoms with Crippen molar-refractivity contribution in [2.75, 3.05) is 6.54 Å². The van der Waals surface area contributed by atoms with Crippen LogP contribution in [0.3, 0.4) is 0 Å². The van der Waals surface area contributed by atoms with Gasteiger partial charge in [-0.15, -0.1) is 0 Å². The average molecular weight is 303 g/mol. The van der Waals surface area contributed by atoms with Crippen LogP contribution in [0.5, 0.6) is 0 Å². The summed E-state index contributed by atoms with van der Waals surface area (Å²) in [6.07, 6.45) is 1.64. The van der Waals surface area contributed by atoms with Crippen molar-refractivity contribution in [1.82, 2.24) is 5.32 Å². The Morgan fingerprint density at radius 1 is 1.18 bits per heavy atom. The molecule has 0 fully saturated rings. The Morgan fingerprint density at radius 3 is 2.14 bits per heavy atom. The van der Waals surface area contributed by atoms with E-state index >= 15 is 0 Å². The predicted octanol–water partition coefficient (Wildman–Crippen LogP) is 3.74. The van der Waals surface area contributed by atoms with Gasteiger partial charge in [0.1, 0.15) is 0 Å². The van der Waals surface area contributed by atoms with Crippen LogP contribution in [0.4, 0.5) is 0 Å². The van der Waals surface area contributed by atoms with Crippen LogP contribution in [-0.4, -0.2) is 23.2 Å². The first kappa shape index (κ1) is 18.4. The second-order valence-electron chi connectivity index (χ2n) is 7.06. The summed E-state index contributed by atoms with van der Waals surface area (Å²) in [6, 6.07) is 8.38. The molecule has 0 atom stereocenters. The van der Waals surface area contributed by atoms with Crippen molar-refractivity contribution in [3.63, 3.8) is 0 Å². The van der Waals surface area contributed by atoms with Gasteiger partial charge < -0.3 is 10.4 Å². The molecule has 122 valence electrons. The molecule has 0 aromatic heterocycles. The van der Waals surface area contributed by atoms with E-state index in [1.54, 1.807) is 19.9 Å². The lowest BCUT2D eigenvalue weighted by molar-refractivity contribution is -0.117. The van der Waals surface area contributed by atoms with Gasteiger partial charge in [-0.1, -0.05) is 52.0 Å². The highest BCUT2D eigenvalue weighted by Crippen LogP contribution is 2.25.